The van der Waals surface area contributed by atoms with E-state index in [9.17, 15) is 0 Å². The lowest BCUT2D eigenvalue weighted by Gasteiger charge is -2.29. The fourth-order valence-corrected chi connectivity index (χ4v) is 2.92. The molecule has 0 unspecified atom stereocenters. The highest BCUT2D eigenvalue weighted by Crippen LogP contribution is 2.27. The Balaban J connectivity index is 0.00000182. The number of nitrogens with zero attached hydrogens (tertiary/aromatic N) is 3. The minimum Gasteiger partial charge on any atom is -0.378 e. The van der Waals surface area contributed by atoms with Gasteiger partial charge in [0.1, 0.15) is 5.82 Å². The molecule has 25 heavy (non-hydrogen) atoms. The first-order chi connectivity index (χ1) is 11.8. The highest BCUT2D eigenvalue weighted by Gasteiger charge is 2.17. The maximum atomic E-state index is 5.94. The number of hydrogen-bond donors (Lipinski definition) is 1. The van der Waals surface area contributed by atoms with Crippen LogP contribution in [-0.2, 0) is 4.74 Å². The van der Waals surface area contributed by atoms with Gasteiger partial charge in [0.25, 0.3) is 0 Å². The molecular weight excluding hydrogens is 359 g/mol. The van der Waals surface area contributed by atoms with E-state index in [1.165, 1.54) is 0 Å². The molecule has 7 heteroatoms. The van der Waals surface area contributed by atoms with E-state index in [1.807, 2.05) is 42.5 Å². The van der Waals surface area contributed by atoms with E-state index in [0.29, 0.717) is 11.0 Å². The lowest BCUT2D eigenvalue weighted by atomic mass is 10.2. The van der Waals surface area contributed by atoms with Crippen LogP contribution in [-0.4, -0.2) is 36.3 Å². The molecule has 1 aliphatic rings. The molecule has 0 spiro atoms. The summed E-state index contributed by atoms with van der Waals surface area (Å²) < 4.78 is 5.46. The number of ether oxygens (including phenoxy) is 1. The highest BCUT2D eigenvalue weighted by atomic mass is 35.5. The van der Waals surface area contributed by atoms with Gasteiger partial charge in [-0.05, 0) is 36.4 Å². The van der Waals surface area contributed by atoms with Crippen molar-refractivity contribution in [1.82, 2.24) is 9.97 Å². The molecule has 1 fully saturated rings. The van der Waals surface area contributed by atoms with Gasteiger partial charge in [0.05, 0.1) is 18.7 Å². The Hall–Kier alpha value is -2.08. The number of nitrogens with one attached hydrogen (secondary N) is 1. The van der Waals surface area contributed by atoms with Crippen molar-refractivity contribution in [2.24, 2.45) is 0 Å². The van der Waals surface area contributed by atoms with Crippen LogP contribution < -0.4 is 10.2 Å². The van der Waals surface area contributed by atoms with Crippen molar-refractivity contribution >= 4 is 52.4 Å². The molecule has 2 aromatic carbocycles. The number of fused-ring (bicyclic) bond motifs is 1. The average molecular weight is 377 g/mol. The summed E-state index contributed by atoms with van der Waals surface area (Å²) in [4.78, 5) is 11.6. The molecule has 2 heterocycles. The second-order valence-electron chi connectivity index (χ2n) is 5.62. The number of anilines is 3. The standard InChI is InChI=1S/C18H17ClN4O.ClH/c19-13-5-7-14(8-6-13)20-18-21-16-4-2-1-3-15(16)17(22-18)23-9-11-24-12-10-23;/h1-8H,9-12H2,(H,20,21,22);1H. The summed E-state index contributed by atoms with van der Waals surface area (Å²) in [5.74, 6) is 1.53. The van der Waals surface area contributed by atoms with E-state index in [2.05, 4.69) is 21.3 Å². The maximum Gasteiger partial charge on any atom is 0.229 e. The van der Waals surface area contributed by atoms with E-state index < -0.39 is 0 Å². The van der Waals surface area contributed by atoms with E-state index in [1.54, 1.807) is 0 Å². The Morgan fingerprint density at radius 2 is 1.68 bits per heavy atom. The summed E-state index contributed by atoms with van der Waals surface area (Å²) in [5, 5.41) is 5.02. The van der Waals surface area contributed by atoms with Gasteiger partial charge in [0, 0.05) is 29.2 Å². The van der Waals surface area contributed by atoms with Crippen LogP contribution in [0.4, 0.5) is 17.5 Å². The number of aromatic nitrogens is 2. The van der Waals surface area contributed by atoms with Gasteiger partial charge in [-0.1, -0.05) is 23.7 Å². The average Bonchev–Trinajstić information content (AvgIpc) is 2.64. The second-order valence-corrected chi connectivity index (χ2v) is 6.06. The van der Waals surface area contributed by atoms with E-state index in [4.69, 9.17) is 21.3 Å². The number of hydrogen-bond acceptors (Lipinski definition) is 5. The van der Waals surface area contributed by atoms with E-state index >= 15 is 0 Å². The summed E-state index contributed by atoms with van der Waals surface area (Å²) in [5.41, 5.74) is 1.83. The molecule has 0 atom stereocenters. The number of rotatable bonds is 3. The summed E-state index contributed by atoms with van der Waals surface area (Å²) in [7, 11) is 0. The van der Waals surface area contributed by atoms with E-state index in [-0.39, 0.29) is 12.4 Å². The molecular formula is C18H18Cl2N4O. The van der Waals surface area contributed by atoms with E-state index in [0.717, 1.165) is 48.7 Å². The molecule has 0 saturated carbocycles. The molecule has 0 amide bonds. The molecule has 130 valence electrons. The van der Waals surface area contributed by atoms with Crippen molar-refractivity contribution < 1.29 is 4.74 Å². The summed E-state index contributed by atoms with van der Waals surface area (Å²) in [6.07, 6.45) is 0. The van der Waals surface area contributed by atoms with Gasteiger partial charge in [-0.2, -0.15) is 4.98 Å². The van der Waals surface area contributed by atoms with Crippen LogP contribution in [0.3, 0.4) is 0 Å². The van der Waals surface area contributed by atoms with Crippen LogP contribution in [0.15, 0.2) is 48.5 Å². The summed E-state index contributed by atoms with van der Waals surface area (Å²) in [6, 6.07) is 15.6. The fraction of sp³-hybridized carbons (Fsp3) is 0.222. The molecule has 1 N–H and O–H groups in total. The molecule has 0 radical (unpaired) electrons. The Kier molecular flexibility index (Phi) is 5.58. The van der Waals surface area contributed by atoms with Gasteiger partial charge in [0.2, 0.25) is 5.95 Å². The van der Waals surface area contributed by atoms with Gasteiger partial charge in [-0.3, -0.25) is 0 Å². The second kappa shape index (κ2) is 7.87. The monoisotopic (exact) mass is 376 g/mol. The smallest absolute Gasteiger partial charge is 0.229 e. The van der Waals surface area contributed by atoms with Crippen molar-refractivity contribution in [3.8, 4) is 0 Å². The van der Waals surface area contributed by atoms with Crippen molar-refractivity contribution in [3.05, 3.63) is 53.6 Å². The van der Waals surface area contributed by atoms with Gasteiger partial charge in [0.15, 0.2) is 0 Å². The number of halogens is 2. The molecule has 0 aliphatic carbocycles. The highest BCUT2D eigenvalue weighted by molar-refractivity contribution is 6.30. The van der Waals surface area contributed by atoms with Crippen molar-refractivity contribution in [1.29, 1.82) is 0 Å². The van der Waals surface area contributed by atoms with Crippen LogP contribution in [0.2, 0.25) is 5.02 Å². The molecule has 1 saturated heterocycles. The molecule has 1 aromatic heterocycles. The zero-order chi connectivity index (χ0) is 16.4. The molecule has 3 aromatic rings. The first-order valence-corrected chi connectivity index (χ1v) is 8.29. The van der Waals surface area contributed by atoms with Crippen LogP contribution >= 0.6 is 24.0 Å². The lowest BCUT2D eigenvalue weighted by Crippen LogP contribution is -2.37. The fourth-order valence-electron chi connectivity index (χ4n) is 2.79. The number of para-hydroxylation sites is 1. The van der Waals surface area contributed by atoms with Gasteiger partial charge in [-0.25, -0.2) is 4.98 Å². The predicted molar refractivity (Wildman–Crippen MR) is 105 cm³/mol. The lowest BCUT2D eigenvalue weighted by molar-refractivity contribution is 0.122. The summed E-state index contributed by atoms with van der Waals surface area (Å²) >= 11 is 5.94. The third-order valence-corrected chi connectivity index (χ3v) is 4.25. The van der Waals surface area contributed by atoms with Gasteiger partial charge < -0.3 is 15.0 Å². The molecule has 0 bridgehead atoms. The van der Waals surface area contributed by atoms with Crippen molar-refractivity contribution in [2.45, 2.75) is 0 Å². The molecule has 5 nitrogen and oxygen atoms in total. The van der Waals surface area contributed by atoms with Gasteiger partial charge in [-0.15, -0.1) is 12.4 Å². The zero-order valence-electron chi connectivity index (χ0n) is 13.5. The molecule has 1 aliphatic heterocycles. The SMILES string of the molecule is Cl.Clc1ccc(Nc2nc(N3CCOCC3)c3ccccc3n2)cc1. The Labute approximate surface area is 157 Å². The number of benzene rings is 2. The number of morpholine rings is 1. The van der Waals surface area contributed by atoms with Crippen LogP contribution in [0, 0.1) is 0 Å². The maximum absolute atomic E-state index is 5.94. The Morgan fingerprint density at radius 1 is 0.960 bits per heavy atom. The van der Waals surface area contributed by atoms with Gasteiger partial charge >= 0.3 is 0 Å². The minimum absolute atomic E-state index is 0. The third-order valence-electron chi connectivity index (χ3n) is 3.99. The first-order valence-electron chi connectivity index (χ1n) is 7.92. The predicted octanol–water partition coefficient (Wildman–Crippen LogP) is 4.29. The third kappa shape index (κ3) is 3.95. The Bertz CT molecular complexity index is 851. The van der Waals surface area contributed by atoms with Crippen LogP contribution in [0.5, 0.6) is 0 Å². The van der Waals surface area contributed by atoms with Crippen molar-refractivity contribution in [2.75, 3.05) is 36.5 Å². The normalized spacial score (nSPS) is 14.2. The molecule has 4 rings (SSSR count). The quantitative estimate of drug-likeness (QED) is 0.738. The first kappa shape index (κ1) is 17.7. The summed E-state index contributed by atoms with van der Waals surface area (Å²) in [6.45, 7) is 3.11. The zero-order valence-corrected chi connectivity index (χ0v) is 15.1. The minimum atomic E-state index is 0. The van der Waals surface area contributed by atoms with Crippen molar-refractivity contribution in [3.63, 3.8) is 0 Å². The largest absolute Gasteiger partial charge is 0.378 e. The topological polar surface area (TPSA) is 50.3 Å². The van der Waals surface area contributed by atoms with Crippen LogP contribution in [0.25, 0.3) is 10.9 Å². The Morgan fingerprint density at radius 3 is 2.44 bits per heavy atom. The van der Waals surface area contributed by atoms with Crippen LogP contribution in [0.1, 0.15) is 0 Å².